The molecule has 0 amide bonds. The number of nitrogens with zero attached hydrogens (tertiary/aromatic N) is 1. The van der Waals surface area contributed by atoms with E-state index >= 15 is 0 Å². The first-order valence-corrected chi connectivity index (χ1v) is 4.66. The molecule has 1 rings (SSSR count). The van der Waals surface area contributed by atoms with E-state index in [0.717, 1.165) is 5.57 Å². The summed E-state index contributed by atoms with van der Waals surface area (Å²) >= 11 is 0. The van der Waals surface area contributed by atoms with Gasteiger partial charge in [-0.3, -0.25) is 10.1 Å². The monoisotopic (exact) mass is 223 g/mol. The highest BCUT2D eigenvalue weighted by Crippen LogP contribution is 2.35. The van der Waals surface area contributed by atoms with Crippen LogP contribution in [0.1, 0.15) is 19.4 Å². The van der Waals surface area contributed by atoms with Crippen molar-refractivity contribution in [2.75, 3.05) is 7.11 Å². The van der Waals surface area contributed by atoms with E-state index in [9.17, 15) is 15.2 Å². The number of ether oxygens (including phenoxy) is 1. The van der Waals surface area contributed by atoms with Crippen LogP contribution in [0.25, 0.3) is 6.08 Å². The van der Waals surface area contributed by atoms with Crippen LogP contribution in [0.4, 0.5) is 5.69 Å². The van der Waals surface area contributed by atoms with E-state index in [2.05, 4.69) is 0 Å². The molecule has 0 fully saturated rings. The molecule has 0 aliphatic rings. The van der Waals surface area contributed by atoms with E-state index in [4.69, 9.17) is 4.74 Å². The highest BCUT2D eigenvalue weighted by Gasteiger charge is 2.15. The van der Waals surface area contributed by atoms with Crippen molar-refractivity contribution in [3.8, 4) is 11.5 Å². The molecule has 0 atom stereocenters. The second-order valence-electron chi connectivity index (χ2n) is 3.56. The van der Waals surface area contributed by atoms with Gasteiger partial charge in [0.2, 0.25) is 0 Å². The van der Waals surface area contributed by atoms with Gasteiger partial charge in [0.05, 0.1) is 18.1 Å². The summed E-state index contributed by atoms with van der Waals surface area (Å²) in [4.78, 5) is 10.1. The lowest BCUT2D eigenvalue weighted by molar-refractivity contribution is -0.385. The molecule has 16 heavy (non-hydrogen) atoms. The zero-order valence-electron chi connectivity index (χ0n) is 9.35. The fraction of sp³-hybridized carbons (Fsp3) is 0.273. The van der Waals surface area contributed by atoms with Crippen molar-refractivity contribution in [2.45, 2.75) is 13.8 Å². The molecular weight excluding hydrogens is 210 g/mol. The number of hydrogen-bond acceptors (Lipinski definition) is 4. The van der Waals surface area contributed by atoms with Gasteiger partial charge in [0.25, 0.3) is 5.69 Å². The second-order valence-corrected chi connectivity index (χ2v) is 3.56. The van der Waals surface area contributed by atoms with Gasteiger partial charge in [-0.2, -0.15) is 0 Å². The van der Waals surface area contributed by atoms with Crippen molar-refractivity contribution in [1.29, 1.82) is 0 Å². The van der Waals surface area contributed by atoms with Gasteiger partial charge in [0, 0.05) is 11.6 Å². The van der Waals surface area contributed by atoms with Crippen LogP contribution in [0.2, 0.25) is 0 Å². The number of rotatable bonds is 3. The third-order valence-electron chi connectivity index (χ3n) is 1.96. The molecule has 0 heterocycles. The SMILES string of the molecule is COc1cc([N+](=O)[O-])cc(C=C(C)C)c1O. The number of phenolic OH excluding ortho intramolecular Hbond substituents is 1. The number of non-ortho nitro benzene ring substituents is 1. The zero-order valence-corrected chi connectivity index (χ0v) is 9.35. The van der Waals surface area contributed by atoms with Gasteiger partial charge in [0.15, 0.2) is 11.5 Å². The predicted molar refractivity (Wildman–Crippen MR) is 60.6 cm³/mol. The maximum Gasteiger partial charge on any atom is 0.274 e. The molecule has 0 saturated carbocycles. The molecule has 0 unspecified atom stereocenters. The summed E-state index contributed by atoms with van der Waals surface area (Å²) < 4.78 is 4.87. The number of methoxy groups -OCH3 is 1. The Bertz CT molecular complexity index is 448. The van der Waals surface area contributed by atoms with E-state index in [1.807, 2.05) is 13.8 Å². The molecule has 86 valence electrons. The quantitative estimate of drug-likeness (QED) is 0.631. The van der Waals surface area contributed by atoms with Crippen molar-refractivity contribution in [2.24, 2.45) is 0 Å². The van der Waals surface area contributed by atoms with Crippen LogP contribution >= 0.6 is 0 Å². The minimum absolute atomic E-state index is 0.0886. The molecule has 0 aliphatic carbocycles. The topological polar surface area (TPSA) is 72.6 Å². The number of allylic oxidation sites excluding steroid dienone is 1. The molecular formula is C11H13NO4. The Labute approximate surface area is 93.1 Å². The number of nitro benzene ring substituents is 1. The summed E-state index contributed by atoms with van der Waals surface area (Å²) in [5.74, 6) is 0.0102. The molecule has 1 aromatic rings. The van der Waals surface area contributed by atoms with E-state index in [1.165, 1.54) is 19.2 Å². The Kier molecular flexibility index (Phi) is 3.50. The van der Waals surface area contributed by atoms with Gasteiger partial charge < -0.3 is 9.84 Å². The van der Waals surface area contributed by atoms with Crippen LogP contribution in [-0.4, -0.2) is 17.1 Å². The Morgan fingerprint density at radius 2 is 2.12 bits per heavy atom. The van der Waals surface area contributed by atoms with Gasteiger partial charge in [0.1, 0.15) is 0 Å². The van der Waals surface area contributed by atoms with Crippen LogP contribution in [0.3, 0.4) is 0 Å². The van der Waals surface area contributed by atoms with E-state index in [0.29, 0.717) is 5.56 Å². The molecule has 1 N–H and O–H groups in total. The molecule has 5 heteroatoms. The van der Waals surface area contributed by atoms with Gasteiger partial charge in [-0.15, -0.1) is 0 Å². The van der Waals surface area contributed by atoms with E-state index in [1.54, 1.807) is 6.08 Å². The summed E-state index contributed by atoms with van der Waals surface area (Å²) in [5, 5.41) is 20.4. The van der Waals surface area contributed by atoms with Gasteiger partial charge in [-0.1, -0.05) is 11.6 Å². The van der Waals surface area contributed by atoms with Crippen LogP contribution in [0, 0.1) is 10.1 Å². The van der Waals surface area contributed by atoms with Crippen LogP contribution in [0.5, 0.6) is 11.5 Å². The molecule has 0 aliphatic heterocycles. The lowest BCUT2D eigenvalue weighted by Gasteiger charge is -2.06. The zero-order chi connectivity index (χ0) is 12.3. The first kappa shape index (κ1) is 12.0. The lowest BCUT2D eigenvalue weighted by atomic mass is 10.1. The Morgan fingerprint density at radius 3 is 2.56 bits per heavy atom. The van der Waals surface area contributed by atoms with Gasteiger partial charge in [-0.25, -0.2) is 0 Å². The molecule has 0 saturated heterocycles. The van der Waals surface area contributed by atoms with Crippen molar-refractivity contribution < 1.29 is 14.8 Å². The van der Waals surface area contributed by atoms with Crippen molar-refractivity contribution in [1.82, 2.24) is 0 Å². The fourth-order valence-corrected chi connectivity index (χ4v) is 1.30. The third kappa shape index (κ3) is 2.50. The van der Waals surface area contributed by atoms with E-state index in [-0.39, 0.29) is 17.2 Å². The maximum absolute atomic E-state index is 10.7. The summed E-state index contributed by atoms with van der Waals surface area (Å²) in [7, 11) is 1.35. The van der Waals surface area contributed by atoms with Crippen molar-refractivity contribution in [3.63, 3.8) is 0 Å². The van der Waals surface area contributed by atoms with E-state index < -0.39 is 4.92 Å². The fourth-order valence-electron chi connectivity index (χ4n) is 1.30. The third-order valence-corrected chi connectivity index (χ3v) is 1.96. The van der Waals surface area contributed by atoms with Crippen LogP contribution in [-0.2, 0) is 0 Å². The maximum atomic E-state index is 10.7. The minimum atomic E-state index is -0.524. The first-order valence-electron chi connectivity index (χ1n) is 4.66. The minimum Gasteiger partial charge on any atom is -0.504 e. The number of aromatic hydroxyl groups is 1. The number of phenols is 1. The Balaban J connectivity index is 3.41. The summed E-state index contributed by atoms with van der Waals surface area (Å²) in [6.45, 7) is 3.68. The van der Waals surface area contributed by atoms with Crippen LogP contribution < -0.4 is 4.74 Å². The highest BCUT2D eigenvalue weighted by molar-refractivity contribution is 5.66. The molecule has 0 aromatic heterocycles. The molecule has 0 bridgehead atoms. The Hall–Kier alpha value is -2.04. The normalized spacial score (nSPS) is 9.69. The predicted octanol–water partition coefficient (Wildman–Crippen LogP) is 2.73. The number of hydrogen-bond donors (Lipinski definition) is 1. The lowest BCUT2D eigenvalue weighted by Crippen LogP contribution is -1.92. The Morgan fingerprint density at radius 1 is 1.50 bits per heavy atom. The highest BCUT2D eigenvalue weighted by atomic mass is 16.6. The van der Waals surface area contributed by atoms with Gasteiger partial charge >= 0.3 is 0 Å². The first-order chi connectivity index (χ1) is 7.45. The molecule has 5 nitrogen and oxygen atoms in total. The largest absolute Gasteiger partial charge is 0.504 e. The number of nitro groups is 1. The van der Waals surface area contributed by atoms with Crippen molar-refractivity contribution >= 4 is 11.8 Å². The van der Waals surface area contributed by atoms with Crippen LogP contribution in [0.15, 0.2) is 17.7 Å². The number of benzene rings is 1. The smallest absolute Gasteiger partial charge is 0.274 e. The average Bonchev–Trinajstić information content (AvgIpc) is 2.20. The molecule has 0 radical (unpaired) electrons. The second kappa shape index (κ2) is 4.65. The van der Waals surface area contributed by atoms with Gasteiger partial charge in [-0.05, 0) is 13.8 Å². The summed E-state index contributed by atoms with van der Waals surface area (Å²) in [5.41, 5.74) is 1.20. The van der Waals surface area contributed by atoms with Crippen molar-refractivity contribution in [3.05, 3.63) is 33.4 Å². The average molecular weight is 223 g/mol. The summed E-state index contributed by atoms with van der Waals surface area (Å²) in [6, 6.07) is 2.50. The summed E-state index contributed by atoms with van der Waals surface area (Å²) in [6.07, 6.45) is 1.66. The molecule has 1 aromatic carbocycles. The standard InChI is InChI=1S/C11H13NO4/c1-7(2)4-8-5-9(12(14)15)6-10(16-3)11(8)13/h4-6,13H,1-3H3. The molecule has 0 spiro atoms.